The Kier molecular flexibility index (Phi) is 2.08. The van der Waals surface area contributed by atoms with Crippen LogP contribution in [0.3, 0.4) is 0 Å². The molecule has 0 N–H and O–H groups in total. The van der Waals surface area contributed by atoms with Crippen LogP contribution in [0.4, 0.5) is 0 Å². The van der Waals surface area contributed by atoms with Crippen molar-refractivity contribution in [3.63, 3.8) is 0 Å². The van der Waals surface area contributed by atoms with Crippen LogP contribution in [0.2, 0.25) is 0 Å². The Balaban J connectivity index is 1.91. The summed E-state index contributed by atoms with van der Waals surface area (Å²) in [4.78, 5) is 46.0. The number of rotatable bonds is 0. The average Bonchev–Trinajstić information content (AvgIpc) is 2.58. The van der Waals surface area contributed by atoms with E-state index in [-0.39, 0.29) is 25.2 Å². The van der Waals surface area contributed by atoms with Gasteiger partial charge in [0.25, 0.3) is 0 Å². The van der Waals surface area contributed by atoms with Gasteiger partial charge in [-0.1, -0.05) is 0 Å². The molecule has 0 aromatic rings. The topological polar surface area (TPSA) is 86.7 Å². The van der Waals surface area contributed by atoms with Gasteiger partial charge in [-0.15, -0.1) is 0 Å². The molecule has 0 spiro atoms. The van der Waals surface area contributed by atoms with Crippen LogP contribution in [0.25, 0.3) is 0 Å². The molecule has 3 fully saturated rings. The number of carbonyl (C=O) groups excluding carboxylic acids is 4. The first-order valence-corrected chi connectivity index (χ1v) is 5.53. The predicted octanol–water partition coefficient (Wildman–Crippen LogP) is -0.546. The molecule has 4 unspecified atom stereocenters. The summed E-state index contributed by atoms with van der Waals surface area (Å²) in [5.74, 6) is -3.97. The zero-order valence-electron chi connectivity index (χ0n) is 8.88. The SMILES string of the molecule is O=C1COC(=O)C2CC3C(=O)OC(=O)C3CC12. The molecular formula is C11H10O6. The Bertz CT molecular complexity index is 399. The fourth-order valence-electron chi connectivity index (χ4n) is 2.95. The summed E-state index contributed by atoms with van der Waals surface area (Å²) < 4.78 is 9.29. The number of esters is 3. The first-order valence-electron chi connectivity index (χ1n) is 5.53. The van der Waals surface area contributed by atoms with Crippen molar-refractivity contribution >= 4 is 23.7 Å². The lowest BCUT2D eigenvalue weighted by molar-refractivity contribution is -0.168. The summed E-state index contributed by atoms with van der Waals surface area (Å²) in [5.41, 5.74) is 0. The molecule has 4 atom stereocenters. The Morgan fingerprint density at radius 3 is 1.94 bits per heavy atom. The molecule has 0 amide bonds. The molecule has 0 aromatic heterocycles. The van der Waals surface area contributed by atoms with Gasteiger partial charge in [0.15, 0.2) is 5.78 Å². The molecule has 6 heteroatoms. The van der Waals surface area contributed by atoms with Gasteiger partial charge in [-0.25, -0.2) is 0 Å². The molecule has 3 aliphatic rings. The third-order valence-corrected chi connectivity index (χ3v) is 3.87. The molecule has 90 valence electrons. The summed E-state index contributed by atoms with van der Waals surface area (Å²) in [6, 6.07) is 0. The second kappa shape index (κ2) is 3.38. The molecule has 3 rings (SSSR count). The van der Waals surface area contributed by atoms with Crippen LogP contribution in [0.15, 0.2) is 0 Å². The zero-order chi connectivity index (χ0) is 12.2. The normalized spacial score (nSPS) is 40.5. The van der Waals surface area contributed by atoms with E-state index in [4.69, 9.17) is 4.74 Å². The van der Waals surface area contributed by atoms with Gasteiger partial charge in [-0.2, -0.15) is 0 Å². The maximum atomic E-state index is 11.6. The molecule has 2 aliphatic heterocycles. The summed E-state index contributed by atoms with van der Waals surface area (Å²) in [7, 11) is 0. The van der Waals surface area contributed by atoms with Crippen molar-refractivity contribution < 1.29 is 28.7 Å². The molecule has 1 saturated carbocycles. The van der Waals surface area contributed by atoms with Gasteiger partial charge in [-0.05, 0) is 12.8 Å². The van der Waals surface area contributed by atoms with Gasteiger partial charge < -0.3 is 9.47 Å². The quantitative estimate of drug-likeness (QED) is 0.416. The summed E-state index contributed by atoms with van der Waals surface area (Å²) in [5, 5.41) is 0. The van der Waals surface area contributed by atoms with Crippen molar-refractivity contribution in [2.45, 2.75) is 12.8 Å². The molecule has 2 heterocycles. The largest absolute Gasteiger partial charge is 0.457 e. The van der Waals surface area contributed by atoms with E-state index in [0.29, 0.717) is 0 Å². The lowest BCUT2D eigenvalue weighted by atomic mass is 9.67. The van der Waals surface area contributed by atoms with E-state index in [1.165, 1.54) is 0 Å². The first-order chi connectivity index (χ1) is 8.08. The van der Waals surface area contributed by atoms with Crippen LogP contribution in [-0.2, 0) is 28.7 Å². The minimum Gasteiger partial charge on any atom is -0.457 e. The third-order valence-electron chi connectivity index (χ3n) is 3.87. The van der Waals surface area contributed by atoms with Gasteiger partial charge >= 0.3 is 17.9 Å². The second-order valence-electron chi connectivity index (χ2n) is 4.71. The van der Waals surface area contributed by atoms with E-state index >= 15 is 0 Å². The highest BCUT2D eigenvalue weighted by Gasteiger charge is 2.55. The van der Waals surface area contributed by atoms with Crippen LogP contribution in [0.1, 0.15) is 12.8 Å². The van der Waals surface area contributed by atoms with Crippen molar-refractivity contribution in [3.8, 4) is 0 Å². The van der Waals surface area contributed by atoms with Crippen LogP contribution in [0, 0.1) is 23.7 Å². The van der Waals surface area contributed by atoms with Crippen molar-refractivity contribution in [1.29, 1.82) is 0 Å². The van der Waals surface area contributed by atoms with E-state index in [9.17, 15) is 19.2 Å². The molecule has 1 aliphatic carbocycles. The van der Waals surface area contributed by atoms with Gasteiger partial charge in [0.05, 0.1) is 17.8 Å². The number of fused-ring (bicyclic) bond motifs is 2. The maximum Gasteiger partial charge on any atom is 0.317 e. The highest BCUT2D eigenvalue weighted by atomic mass is 16.6. The van der Waals surface area contributed by atoms with Crippen LogP contribution < -0.4 is 0 Å². The molecule has 6 nitrogen and oxygen atoms in total. The monoisotopic (exact) mass is 238 g/mol. The lowest BCUT2D eigenvalue weighted by Crippen LogP contribution is -2.46. The number of carbonyl (C=O) groups is 4. The van der Waals surface area contributed by atoms with Gasteiger partial charge in [0, 0.05) is 5.92 Å². The zero-order valence-corrected chi connectivity index (χ0v) is 8.88. The van der Waals surface area contributed by atoms with Gasteiger partial charge in [0.1, 0.15) is 6.61 Å². The van der Waals surface area contributed by atoms with E-state index in [0.717, 1.165) is 0 Å². The number of ketones is 1. The highest BCUT2D eigenvalue weighted by molar-refractivity contribution is 5.99. The second-order valence-corrected chi connectivity index (χ2v) is 4.71. The van der Waals surface area contributed by atoms with Crippen molar-refractivity contribution in [3.05, 3.63) is 0 Å². The van der Waals surface area contributed by atoms with E-state index in [1.54, 1.807) is 0 Å². The summed E-state index contributed by atoms with van der Waals surface area (Å²) >= 11 is 0. The lowest BCUT2D eigenvalue weighted by Gasteiger charge is -2.35. The number of cyclic esters (lactones) is 3. The Morgan fingerprint density at radius 1 is 0.765 bits per heavy atom. The van der Waals surface area contributed by atoms with Gasteiger partial charge in [-0.3, -0.25) is 19.2 Å². The van der Waals surface area contributed by atoms with Crippen LogP contribution in [-0.4, -0.2) is 30.3 Å². The molecule has 17 heavy (non-hydrogen) atoms. The fourth-order valence-corrected chi connectivity index (χ4v) is 2.95. The van der Waals surface area contributed by atoms with E-state index < -0.39 is 41.6 Å². The molecule has 0 aromatic carbocycles. The number of ether oxygens (including phenoxy) is 2. The van der Waals surface area contributed by atoms with E-state index in [1.807, 2.05) is 0 Å². The fraction of sp³-hybridized carbons (Fsp3) is 0.636. The summed E-state index contributed by atoms with van der Waals surface area (Å²) in [6.45, 7) is -0.222. The predicted molar refractivity (Wildman–Crippen MR) is 50.3 cm³/mol. The number of Topliss-reactive ketones (excluding diaryl/α,β-unsaturated/α-hetero) is 1. The molecule has 2 saturated heterocycles. The van der Waals surface area contributed by atoms with Crippen molar-refractivity contribution in [1.82, 2.24) is 0 Å². The van der Waals surface area contributed by atoms with Crippen LogP contribution in [0.5, 0.6) is 0 Å². The Morgan fingerprint density at radius 2 is 1.29 bits per heavy atom. The standard InChI is InChI=1S/C11H10O6/c12-8-3-16-9(13)5-2-7-6(1-4(5)8)10(14)17-11(7)15/h4-7H,1-3H2. The Labute approximate surface area is 96.2 Å². The minimum atomic E-state index is -0.587. The summed E-state index contributed by atoms with van der Waals surface area (Å²) in [6.07, 6.45) is 0.415. The minimum absolute atomic E-state index is 0.166. The number of hydrogen-bond acceptors (Lipinski definition) is 6. The maximum absolute atomic E-state index is 11.6. The first kappa shape index (κ1) is 10.4. The van der Waals surface area contributed by atoms with Crippen molar-refractivity contribution in [2.75, 3.05) is 6.61 Å². The third kappa shape index (κ3) is 1.40. The van der Waals surface area contributed by atoms with Gasteiger partial charge in [0.2, 0.25) is 0 Å². The van der Waals surface area contributed by atoms with Crippen LogP contribution >= 0.6 is 0 Å². The molecule has 0 bridgehead atoms. The molecule has 0 radical (unpaired) electrons. The van der Waals surface area contributed by atoms with Crippen molar-refractivity contribution in [2.24, 2.45) is 23.7 Å². The highest BCUT2D eigenvalue weighted by Crippen LogP contribution is 2.44. The molecular weight excluding hydrogens is 228 g/mol. The smallest absolute Gasteiger partial charge is 0.317 e. The Hall–Kier alpha value is -1.72. The van der Waals surface area contributed by atoms with E-state index in [2.05, 4.69) is 4.74 Å². The number of hydrogen-bond donors (Lipinski definition) is 0. The average molecular weight is 238 g/mol.